The van der Waals surface area contributed by atoms with Crippen LogP contribution in [0, 0.1) is 6.92 Å². The fourth-order valence-corrected chi connectivity index (χ4v) is 4.47. The molecule has 0 aliphatic rings. The highest BCUT2D eigenvalue weighted by Crippen LogP contribution is 2.30. The van der Waals surface area contributed by atoms with Gasteiger partial charge in [0.25, 0.3) is 0 Å². The molecule has 0 unspecified atom stereocenters. The highest BCUT2D eigenvalue weighted by atomic mass is 127. The first-order valence-corrected chi connectivity index (χ1v) is 12.7. The van der Waals surface area contributed by atoms with Crippen molar-refractivity contribution in [2.24, 2.45) is 0 Å². The summed E-state index contributed by atoms with van der Waals surface area (Å²) in [7, 11) is 1.58. The Labute approximate surface area is 186 Å². The van der Waals surface area contributed by atoms with Gasteiger partial charge < -0.3 is 10.6 Å². The van der Waals surface area contributed by atoms with E-state index in [1.54, 1.807) is 9.12 Å². The molecule has 4 aromatic rings. The van der Waals surface area contributed by atoms with E-state index < -0.39 is 0 Å². The molecule has 0 radical (unpaired) electrons. The van der Waals surface area contributed by atoms with E-state index in [-0.39, 0.29) is 0 Å². The molecule has 3 heterocycles. The summed E-state index contributed by atoms with van der Waals surface area (Å²) in [5.41, 5.74) is 4.03. The molecule has 0 saturated carbocycles. The molecule has 4 rings (SSSR count). The van der Waals surface area contributed by atoms with Gasteiger partial charge in [-0.05, 0) is 32.4 Å². The molecule has 0 aliphatic heterocycles. The van der Waals surface area contributed by atoms with Crippen molar-refractivity contribution >= 4 is 58.8 Å². The van der Waals surface area contributed by atoms with Gasteiger partial charge in [-0.15, -0.1) is 0 Å². The van der Waals surface area contributed by atoms with Crippen molar-refractivity contribution in [2.75, 3.05) is 10.6 Å². The van der Waals surface area contributed by atoms with Crippen molar-refractivity contribution < 1.29 is 0 Å². The van der Waals surface area contributed by atoms with E-state index in [1.807, 2.05) is 52.2 Å². The van der Waals surface area contributed by atoms with Crippen LogP contribution < -0.4 is 10.6 Å². The van der Waals surface area contributed by atoms with Gasteiger partial charge in [0.1, 0.15) is 5.82 Å². The van der Waals surface area contributed by atoms with Crippen molar-refractivity contribution in [3.05, 3.63) is 60.0 Å². The van der Waals surface area contributed by atoms with Crippen LogP contribution in [0.3, 0.4) is 0 Å². The molecule has 0 saturated heterocycles. The Bertz CT molecular complexity index is 1120. The lowest BCUT2D eigenvalue weighted by atomic mass is 10.2. The van der Waals surface area contributed by atoms with Gasteiger partial charge >= 0.3 is 0 Å². The minimum Gasteiger partial charge on any atom is -0.365 e. The van der Waals surface area contributed by atoms with Crippen LogP contribution in [-0.2, 0) is 6.54 Å². The van der Waals surface area contributed by atoms with E-state index in [2.05, 4.69) is 62.9 Å². The normalized spacial score (nSPS) is 11.3. The van der Waals surface area contributed by atoms with Crippen LogP contribution in [0.1, 0.15) is 31.1 Å². The fourth-order valence-electron chi connectivity index (χ4n) is 3.21. The van der Waals surface area contributed by atoms with Crippen LogP contribution in [-0.4, -0.2) is 23.7 Å². The highest BCUT2D eigenvalue weighted by molar-refractivity contribution is 14.2. The molecule has 7 nitrogen and oxygen atoms in total. The third-order valence-electron chi connectivity index (χ3n) is 4.67. The van der Waals surface area contributed by atoms with E-state index in [0.29, 0.717) is 18.5 Å². The van der Waals surface area contributed by atoms with Gasteiger partial charge in [-0.3, -0.25) is 8.65 Å². The number of halogens is 1. The Balaban J connectivity index is 1.68. The predicted octanol–water partition coefficient (Wildman–Crippen LogP) is 5.72. The number of nitrogens with zero attached hydrogens (tertiary/aromatic N) is 5. The van der Waals surface area contributed by atoms with E-state index in [1.165, 1.54) is 5.56 Å². The third-order valence-corrected chi connectivity index (χ3v) is 6.38. The Morgan fingerprint density at radius 1 is 1.14 bits per heavy atom. The van der Waals surface area contributed by atoms with Crippen LogP contribution in [0.25, 0.3) is 11.0 Å². The maximum absolute atomic E-state index is 4.76. The van der Waals surface area contributed by atoms with E-state index in [9.17, 15) is 0 Å². The summed E-state index contributed by atoms with van der Waals surface area (Å²) in [5.74, 6) is 1.35. The number of rotatable bonds is 7. The van der Waals surface area contributed by atoms with Crippen molar-refractivity contribution in [1.82, 2.24) is 23.7 Å². The van der Waals surface area contributed by atoms with Crippen LogP contribution in [0.15, 0.2) is 48.8 Å². The summed E-state index contributed by atoms with van der Waals surface area (Å²) in [6, 6.07) is 12.6. The second-order valence-electron chi connectivity index (χ2n) is 6.99. The molecular weight excluding hydrogens is 497 g/mol. The van der Waals surface area contributed by atoms with Gasteiger partial charge in [0, 0.05) is 49.1 Å². The number of benzene rings is 1. The Morgan fingerprint density at radius 2 is 1.93 bits per heavy atom. The van der Waals surface area contributed by atoms with Crippen LogP contribution in [0.4, 0.5) is 17.5 Å². The van der Waals surface area contributed by atoms with Gasteiger partial charge in [-0.25, -0.2) is 0 Å². The maximum atomic E-state index is 4.76. The molecule has 0 atom stereocenters. The largest absolute Gasteiger partial charge is 0.365 e. The summed E-state index contributed by atoms with van der Waals surface area (Å²) in [6.45, 7) is 6.97. The molecule has 1 aromatic carbocycles. The lowest BCUT2D eigenvalue weighted by Gasteiger charge is -2.12. The van der Waals surface area contributed by atoms with Gasteiger partial charge in [-0.1, -0.05) is 30.3 Å². The Morgan fingerprint density at radius 3 is 2.62 bits per heavy atom. The molecule has 0 amide bonds. The van der Waals surface area contributed by atoms with Crippen molar-refractivity contribution in [2.45, 2.75) is 33.4 Å². The van der Waals surface area contributed by atoms with Crippen LogP contribution in [0.2, 0.25) is 0 Å². The Kier molecular flexibility index (Phi) is 5.95. The second kappa shape index (κ2) is 8.62. The summed E-state index contributed by atoms with van der Waals surface area (Å²) in [6.07, 6.45) is 3.84. The predicted molar refractivity (Wildman–Crippen MR) is 129 cm³/mol. The molecular formula is C20H22IN7S. The SMILES string of the molecule is Cc1c(Nc2nc(NCc3ccccc3)c3ccn(SI)c3n2)cnn1C(C)C. The van der Waals surface area contributed by atoms with Gasteiger partial charge in [0.05, 0.1) is 23.0 Å². The topological polar surface area (TPSA) is 72.6 Å². The number of anilines is 3. The van der Waals surface area contributed by atoms with E-state index in [4.69, 9.17) is 9.97 Å². The number of nitrogens with one attached hydrogen (secondary N) is 2. The first-order chi connectivity index (χ1) is 14.1. The number of hydrogen-bond donors (Lipinski definition) is 2. The molecule has 2 N–H and O–H groups in total. The average Bonchev–Trinajstić information content (AvgIpc) is 3.30. The minimum atomic E-state index is 0.296. The summed E-state index contributed by atoms with van der Waals surface area (Å²) < 4.78 is 4.01. The van der Waals surface area contributed by atoms with E-state index >= 15 is 0 Å². The molecule has 0 spiro atoms. The van der Waals surface area contributed by atoms with Crippen molar-refractivity contribution in [1.29, 1.82) is 0 Å². The second-order valence-corrected chi connectivity index (χ2v) is 8.70. The molecule has 9 heteroatoms. The standard InChI is InChI=1S/C20H22IN7S/c1-13(2)28-14(3)17(12-23-28)24-20-25-18(22-11-15-7-5-4-6-8-15)16-9-10-27(29-21)19(16)26-20/h4-10,12-13H,11H2,1-3H3,(H2,22,24,25,26). The quantitative estimate of drug-likeness (QED) is 0.305. The van der Waals surface area contributed by atoms with Gasteiger partial charge in [0.2, 0.25) is 5.95 Å². The number of fused-ring (bicyclic) bond motifs is 1. The third kappa shape index (κ3) is 4.20. The maximum Gasteiger partial charge on any atom is 0.231 e. The van der Waals surface area contributed by atoms with Crippen molar-refractivity contribution in [3.8, 4) is 0 Å². The zero-order valence-corrected chi connectivity index (χ0v) is 19.4. The number of hydrogen-bond acceptors (Lipinski definition) is 6. The molecule has 150 valence electrons. The molecule has 0 fully saturated rings. The summed E-state index contributed by atoms with van der Waals surface area (Å²) in [5, 5.41) is 12.3. The molecule has 3 aromatic heterocycles. The molecule has 0 aliphatic carbocycles. The first kappa shape index (κ1) is 20.0. The first-order valence-electron chi connectivity index (χ1n) is 9.34. The average molecular weight is 519 g/mol. The summed E-state index contributed by atoms with van der Waals surface area (Å²) >= 11 is 2.26. The van der Waals surface area contributed by atoms with Crippen molar-refractivity contribution in [3.63, 3.8) is 0 Å². The van der Waals surface area contributed by atoms with Gasteiger partial charge in [-0.2, -0.15) is 15.1 Å². The zero-order valence-electron chi connectivity index (χ0n) is 16.4. The monoisotopic (exact) mass is 519 g/mol. The number of aromatic nitrogens is 5. The fraction of sp³-hybridized carbons (Fsp3) is 0.250. The van der Waals surface area contributed by atoms with Crippen LogP contribution in [0.5, 0.6) is 0 Å². The summed E-state index contributed by atoms with van der Waals surface area (Å²) in [4.78, 5) is 9.51. The van der Waals surface area contributed by atoms with E-state index in [0.717, 1.165) is 28.2 Å². The Hall–Kier alpha value is -2.27. The molecule has 29 heavy (non-hydrogen) atoms. The molecule has 0 bridgehead atoms. The lowest BCUT2D eigenvalue weighted by Crippen LogP contribution is -2.07. The highest BCUT2D eigenvalue weighted by Gasteiger charge is 2.15. The minimum absolute atomic E-state index is 0.296. The lowest BCUT2D eigenvalue weighted by molar-refractivity contribution is 0.519. The zero-order chi connectivity index (χ0) is 20.4. The smallest absolute Gasteiger partial charge is 0.231 e. The van der Waals surface area contributed by atoms with Crippen LogP contribution >= 0.6 is 30.3 Å². The van der Waals surface area contributed by atoms with Gasteiger partial charge in [0.15, 0.2) is 5.65 Å².